The number of aliphatic hydroxyl groups is 1. The van der Waals surface area contributed by atoms with Gasteiger partial charge in [-0.2, -0.15) is 0 Å². The lowest BCUT2D eigenvalue weighted by Gasteiger charge is -2.32. The maximum Gasteiger partial charge on any atom is 0.317 e. The molecule has 1 heterocycles. The zero-order valence-electron chi connectivity index (χ0n) is 9.82. The molecule has 2 aliphatic rings. The van der Waals surface area contributed by atoms with E-state index in [1.165, 1.54) is 19.3 Å². The summed E-state index contributed by atoms with van der Waals surface area (Å²) in [5.74, 6) is 0. The highest BCUT2D eigenvalue weighted by molar-refractivity contribution is 5.74. The van der Waals surface area contributed by atoms with E-state index >= 15 is 0 Å². The van der Waals surface area contributed by atoms with Crippen molar-refractivity contribution in [2.24, 2.45) is 0 Å². The SMILES string of the molecule is O=C(NC1CCCCC1)N1CCC(O)CC1. The van der Waals surface area contributed by atoms with Crippen molar-refractivity contribution in [3.63, 3.8) is 0 Å². The summed E-state index contributed by atoms with van der Waals surface area (Å²) < 4.78 is 0. The smallest absolute Gasteiger partial charge is 0.317 e. The van der Waals surface area contributed by atoms with Crippen molar-refractivity contribution < 1.29 is 9.90 Å². The standard InChI is InChI=1S/C12H22N2O2/c15-11-6-8-14(9-7-11)12(16)13-10-4-2-1-3-5-10/h10-11,15H,1-9H2,(H,13,16). The first kappa shape index (κ1) is 11.7. The van der Waals surface area contributed by atoms with E-state index in [0.29, 0.717) is 19.1 Å². The molecule has 2 rings (SSSR count). The van der Waals surface area contributed by atoms with Gasteiger partial charge < -0.3 is 15.3 Å². The van der Waals surface area contributed by atoms with Crippen LogP contribution in [0.15, 0.2) is 0 Å². The normalized spacial score (nSPS) is 24.4. The number of amides is 2. The van der Waals surface area contributed by atoms with E-state index in [1.807, 2.05) is 4.90 Å². The van der Waals surface area contributed by atoms with Gasteiger partial charge in [-0.05, 0) is 25.7 Å². The molecule has 0 radical (unpaired) electrons. The van der Waals surface area contributed by atoms with E-state index in [4.69, 9.17) is 0 Å². The number of hydrogen-bond donors (Lipinski definition) is 2. The molecule has 1 saturated heterocycles. The fraction of sp³-hybridized carbons (Fsp3) is 0.917. The van der Waals surface area contributed by atoms with E-state index in [2.05, 4.69) is 5.32 Å². The Morgan fingerprint density at radius 3 is 2.31 bits per heavy atom. The summed E-state index contributed by atoms with van der Waals surface area (Å²) in [5.41, 5.74) is 0. The van der Waals surface area contributed by atoms with Crippen LogP contribution in [0.3, 0.4) is 0 Å². The number of nitrogens with one attached hydrogen (secondary N) is 1. The predicted molar refractivity (Wildman–Crippen MR) is 62.2 cm³/mol. The van der Waals surface area contributed by atoms with Crippen LogP contribution in [0.25, 0.3) is 0 Å². The fourth-order valence-corrected chi connectivity index (χ4v) is 2.58. The molecule has 2 fully saturated rings. The Balaban J connectivity index is 1.74. The summed E-state index contributed by atoms with van der Waals surface area (Å²) in [5, 5.41) is 12.5. The lowest BCUT2D eigenvalue weighted by Crippen LogP contribution is -2.49. The van der Waals surface area contributed by atoms with Crippen molar-refractivity contribution in [3.05, 3.63) is 0 Å². The second-order valence-electron chi connectivity index (χ2n) is 5.00. The highest BCUT2D eigenvalue weighted by Gasteiger charge is 2.23. The molecule has 0 unspecified atom stereocenters. The minimum atomic E-state index is -0.210. The number of rotatable bonds is 1. The topological polar surface area (TPSA) is 52.6 Å². The average Bonchev–Trinajstić information content (AvgIpc) is 2.31. The van der Waals surface area contributed by atoms with Crippen LogP contribution in [0.1, 0.15) is 44.9 Å². The van der Waals surface area contributed by atoms with E-state index in [1.54, 1.807) is 0 Å². The zero-order valence-corrected chi connectivity index (χ0v) is 9.82. The molecule has 0 aromatic heterocycles. The molecule has 2 amide bonds. The van der Waals surface area contributed by atoms with Crippen LogP contribution in [0.5, 0.6) is 0 Å². The summed E-state index contributed by atoms with van der Waals surface area (Å²) in [6.07, 6.45) is 7.27. The monoisotopic (exact) mass is 226 g/mol. The molecule has 1 aliphatic heterocycles. The predicted octanol–water partition coefficient (Wildman–Crippen LogP) is 1.49. The van der Waals surface area contributed by atoms with Crippen LogP contribution in [-0.4, -0.2) is 41.3 Å². The van der Waals surface area contributed by atoms with E-state index < -0.39 is 0 Å². The molecule has 0 aromatic carbocycles. The Morgan fingerprint density at radius 2 is 1.69 bits per heavy atom. The number of likely N-dealkylation sites (tertiary alicyclic amines) is 1. The molecule has 92 valence electrons. The van der Waals surface area contributed by atoms with Crippen molar-refractivity contribution in [2.75, 3.05) is 13.1 Å². The lowest BCUT2D eigenvalue weighted by atomic mass is 9.96. The van der Waals surface area contributed by atoms with Crippen molar-refractivity contribution in [1.82, 2.24) is 10.2 Å². The van der Waals surface area contributed by atoms with Crippen LogP contribution >= 0.6 is 0 Å². The molecule has 0 atom stereocenters. The maximum atomic E-state index is 11.9. The first-order valence-electron chi connectivity index (χ1n) is 6.49. The Hall–Kier alpha value is -0.770. The van der Waals surface area contributed by atoms with Crippen molar-refractivity contribution in [1.29, 1.82) is 0 Å². The third kappa shape index (κ3) is 3.11. The molecular formula is C12H22N2O2. The second-order valence-corrected chi connectivity index (χ2v) is 5.00. The summed E-state index contributed by atoms with van der Waals surface area (Å²) >= 11 is 0. The third-order valence-electron chi connectivity index (χ3n) is 3.68. The van der Waals surface area contributed by atoms with Crippen LogP contribution in [0.2, 0.25) is 0 Å². The van der Waals surface area contributed by atoms with Crippen LogP contribution in [0.4, 0.5) is 4.79 Å². The molecule has 4 heteroatoms. The zero-order chi connectivity index (χ0) is 11.4. The Morgan fingerprint density at radius 1 is 1.06 bits per heavy atom. The summed E-state index contributed by atoms with van der Waals surface area (Å²) in [4.78, 5) is 13.7. The van der Waals surface area contributed by atoms with Gasteiger partial charge in [0.15, 0.2) is 0 Å². The van der Waals surface area contributed by atoms with Crippen LogP contribution in [-0.2, 0) is 0 Å². The first-order valence-corrected chi connectivity index (χ1v) is 6.49. The van der Waals surface area contributed by atoms with E-state index in [9.17, 15) is 9.90 Å². The lowest BCUT2D eigenvalue weighted by molar-refractivity contribution is 0.0923. The average molecular weight is 226 g/mol. The molecule has 1 saturated carbocycles. The summed E-state index contributed by atoms with van der Waals surface area (Å²) in [6.45, 7) is 1.39. The van der Waals surface area contributed by atoms with Gasteiger partial charge >= 0.3 is 6.03 Å². The van der Waals surface area contributed by atoms with Gasteiger partial charge in [0.05, 0.1) is 6.10 Å². The molecular weight excluding hydrogens is 204 g/mol. The van der Waals surface area contributed by atoms with Gasteiger partial charge in [0.1, 0.15) is 0 Å². The van der Waals surface area contributed by atoms with Crippen molar-refractivity contribution in [3.8, 4) is 0 Å². The van der Waals surface area contributed by atoms with Crippen molar-refractivity contribution >= 4 is 6.03 Å². The van der Waals surface area contributed by atoms with Gasteiger partial charge in [-0.25, -0.2) is 4.79 Å². The molecule has 0 aromatic rings. The summed E-state index contributed by atoms with van der Waals surface area (Å²) in [7, 11) is 0. The van der Waals surface area contributed by atoms with E-state index in [-0.39, 0.29) is 12.1 Å². The minimum absolute atomic E-state index is 0.0683. The van der Waals surface area contributed by atoms with Gasteiger partial charge in [0.25, 0.3) is 0 Å². The third-order valence-corrected chi connectivity index (χ3v) is 3.68. The number of nitrogens with zero attached hydrogens (tertiary/aromatic N) is 1. The Labute approximate surface area is 97.0 Å². The quantitative estimate of drug-likeness (QED) is 0.711. The Bertz CT molecular complexity index is 231. The fourth-order valence-electron chi connectivity index (χ4n) is 2.58. The first-order chi connectivity index (χ1) is 7.75. The minimum Gasteiger partial charge on any atom is -0.393 e. The number of urea groups is 1. The number of carbonyl (C=O) groups excluding carboxylic acids is 1. The molecule has 2 N–H and O–H groups in total. The molecule has 0 spiro atoms. The molecule has 0 bridgehead atoms. The highest BCUT2D eigenvalue weighted by atomic mass is 16.3. The van der Waals surface area contributed by atoms with Crippen LogP contribution < -0.4 is 5.32 Å². The number of hydrogen-bond acceptors (Lipinski definition) is 2. The molecule has 16 heavy (non-hydrogen) atoms. The van der Waals surface area contributed by atoms with Crippen LogP contribution in [0, 0.1) is 0 Å². The van der Waals surface area contributed by atoms with Gasteiger partial charge in [0.2, 0.25) is 0 Å². The summed E-state index contributed by atoms with van der Waals surface area (Å²) in [6, 6.07) is 0.451. The number of carbonyl (C=O) groups is 1. The van der Waals surface area contributed by atoms with Crippen molar-refractivity contribution in [2.45, 2.75) is 57.1 Å². The van der Waals surface area contributed by atoms with Gasteiger partial charge in [-0.1, -0.05) is 19.3 Å². The molecule has 1 aliphatic carbocycles. The molecule has 4 nitrogen and oxygen atoms in total. The van der Waals surface area contributed by atoms with Gasteiger partial charge in [-0.3, -0.25) is 0 Å². The Kier molecular flexibility index (Phi) is 4.04. The number of aliphatic hydroxyl groups excluding tert-OH is 1. The largest absolute Gasteiger partial charge is 0.393 e. The van der Waals surface area contributed by atoms with Gasteiger partial charge in [0, 0.05) is 19.1 Å². The highest BCUT2D eigenvalue weighted by Crippen LogP contribution is 2.18. The number of piperidine rings is 1. The van der Waals surface area contributed by atoms with E-state index in [0.717, 1.165) is 25.7 Å². The second kappa shape index (κ2) is 5.53. The van der Waals surface area contributed by atoms with Gasteiger partial charge in [-0.15, -0.1) is 0 Å². The maximum absolute atomic E-state index is 11.9.